The van der Waals surface area contributed by atoms with Crippen LogP contribution in [-0.4, -0.2) is 19.1 Å². The van der Waals surface area contributed by atoms with Crippen LogP contribution in [0.2, 0.25) is 0 Å². The maximum absolute atomic E-state index is 3.64. The van der Waals surface area contributed by atoms with Gasteiger partial charge in [-0.3, -0.25) is 0 Å². The molecule has 2 N–H and O–H groups in total. The molecule has 2 nitrogen and oxygen atoms in total. The van der Waals surface area contributed by atoms with E-state index in [-0.39, 0.29) is 0 Å². The van der Waals surface area contributed by atoms with Gasteiger partial charge in [0.2, 0.25) is 0 Å². The van der Waals surface area contributed by atoms with E-state index in [0.717, 1.165) is 19.1 Å². The lowest BCUT2D eigenvalue weighted by molar-refractivity contribution is 0.465. The smallest absolute Gasteiger partial charge is 0.0452 e. The third-order valence-corrected chi connectivity index (χ3v) is 3.74. The Morgan fingerprint density at radius 3 is 3.06 bits per heavy atom. The molecule has 3 rings (SSSR count). The normalized spacial score (nSPS) is 24.2. The van der Waals surface area contributed by atoms with Crippen LogP contribution >= 0.6 is 0 Å². The van der Waals surface area contributed by atoms with Crippen LogP contribution in [0.15, 0.2) is 18.2 Å². The molecule has 0 spiro atoms. The fraction of sp³-hybridized carbons (Fsp3) is 0.571. The number of aryl methyl sites for hydroxylation is 1. The first kappa shape index (κ1) is 10.3. The predicted molar refractivity (Wildman–Crippen MR) is 66.7 cm³/mol. The molecule has 2 heteroatoms. The van der Waals surface area contributed by atoms with E-state index in [0.29, 0.717) is 6.04 Å². The van der Waals surface area contributed by atoms with Crippen LogP contribution in [0, 0.1) is 6.92 Å². The van der Waals surface area contributed by atoms with Gasteiger partial charge in [0.05, 0.1) is 0 Å². The summed E-state index contributed by atoms with van der Waals surface area (Å²) in [6.45, 7) is 4.44. The third-order valence-electron chi connectivity index (χ3n) is 3.74. The summed E-state index contributed by atoms with van der Waals surface area (Å²) in [4.78, 5) is 0. The zero-order chi connectivity index (χ0) is 11.0. The predicted octanol–water partition coefficient (Wildman–Crippen LogP) is 1.93. The second-order valence-corrected chi connectivity index (χ2v) is 5.09. The van der Waals surface area contributed by atoms with Gasteiger partial charge in [-0.2, -0.15) is 0 Å². The molecule has 1 fully saturated rings. The molecule has 2 aliphatic rings. The summed E-state index contributed by atoms with van der Waals surface area (Å²) >= 11 is 0. The first-order chi connectivity index (χ1) is 7.84. The van der Waals surface area contributed by atoms with Gasteiger partial charge in [-0.1, -0.05) is 18.2 Å². The maximum Gasteiger partial charge on any atom is 0.0452 e. The van der Waals surface area contributed by atoms with Gasteiger partial charge < -0.3 is 10.6 Å². The van der Waals surface area contributed by atoms with Gasteiger partial charge >= 0.3 is 0 Å². The highest BCUT2D eigenvalue weighted by Gasteiger charge is 2.25. The maximum atomic E-state index is 3.64. The van der Waals surface area contributed by atoms with Crippen molar-refractivity contribution in [3.63, 3.8) is 0 Å². The zero-order valence-electron chi connectivity index (χ0n) is 9.92. The number of hydrogen-bond donors (Lipinski definition) is 2. The summed E-state index contributed by atoms with van der Waals surface area (Å²) in [6.07, 6.45) is 3.91. The molecule has 1 aromatic rings. The van der Waals surface area contributed by atoms with Crippen molar-refractivity contribution < 1.29 is 0 Å². The molecule has 1 heterocycles. The molecular formula is C14H20N2. The van der Waals surface area contributed by atoms with Crippen LogP contribution in [0.25, 0.3) is 0 Å². The van der Waals surface area contributed by atoms with Crippen molar-refractivity contribution in [3.8, 4) is 0 Å². The Bertz CT molecular complexity index is 382. The molecule has 1 aliphatic heterocycles. The van der Waals surface area contributed by atoms with Crippen molar-refractivity contribution in [2.75, 3.05) is 13.1 Å². The van der Waals surface area contributed by atoms with Crippen LogP contribution in [0.5, 0.6) is 0 Å². The topological polar surface area (TPSA) is 24.1 Å². The first-order valence-electron chi connectivity index (χ1n) is 6.40. The molecule has 86 valence electrons. The molecule has 0 bridgehead atoms. The van der Waals surface area contributed by atoms with E-state index in [1.807, 2.05) is 0 Å². The van der Waals surface area contributed by atoms with E-state index >= 15 is 0 Å². The quantitative estimate of drug-likeness (QED) is 0.807. The van der Waals surface area contributed by atoms with Crippen molar-refractivity contribution in [1.29, 1.82) is 0 Å². The standard InChI is InChI=1S/C14H20N2/c1-10-3-2-4-11-7-8-15-13(14(10)11)9-16-12-5-6-12/h2-4,12-13,15-16H,5-9H2,1H3. The molecule has 0 saturated heterocycles. The average Bonchev–Trinajstić information content (AvgIpc) is 3.10. The minimum Gasteiger partial charge on any atom is -0.312 e. The Hall–Kier alpha value is -0.860. The van der Waals surface area contributed by atoms with Gasteiger partial charge in [0, 0.05) is 18.6 Å². The van der Waals surface area contributed by atoms with E-state index in [4.69, 9.17) is 0 Å². The molecular weight excluding hydrogens is 196 g/mol. The number of rotatable bonds is 3. The third kappa shape index (κ3) is 2.00. The molecule has 0 aromatic heterocycles. The molecule has 1 atom stereocenters. The number of hydrogen-bond acceptors (Lipinski definition) is 2. The molecule has 0 amide bonds. The van der Waals surface area contributed by atoms with Crippen molar-refractivity contribution in [2.24, 2.45) is 0 Å². The number of benzene rings is 1. The fourth-order valence-electron chi connectivity index (χ4n) is 2.69. The summed E-state index contributed by atoms with van der Waals surface area (Å²) in [5, 5.41) is 7.27. The zero-order valence-corrected chi connectivity index (χ0v) is 9.92. The van der Waals surface area contributed by atoms with Crippen molar-refractivity contribution in [3.05, 3.63) is 34.9 Å². The van der Waals surface area contributed by atoms with Crippen LogP contribution in [0.3, 0.4) is 0 Å². The largest absolute Gasteiger partial charge is 0.312 e. The van der Waals surface area contributed by atoms with Crippen molar-refractivity contribution >= 4 is 0 Å². The highest BCUT2D eigenvalue weighted by Crippen LogP contribution is 2.27. The lowest BCUT2D eigenvalue weighted by Gasteiger charge is -2.29. The fourth-order valence-corrected chi connectivity index (χ4v) is 2.69. The summed E-state index contributed by atoms with van der Waals surface area (Å²) in [7, 11) is 0. The minimum absolute atomic E-state index is 0.519. The Morgan fingerprint density at radius 2 is 2.25 bits per heavy atom. The van der Waals surface area contributed by atoms with Crippen molar-refractivity contribution in [2.45, 2.75) is 38.3 Å². The van der Waals surface area contributed by atoms with Crippen LogP contribution in [0.1, 0.15) is 35.6 Å². The van der Waals surface area contributed by atoms with Crippen LogP contribution < -0.4 is 10.6 Å². The Labute approximate surface area is 97.4 Å². The molecule has 1 saturated carbocycles. The molecule has 1 aromatic carbocycles. The van der Waals surface area contributed by atoms with Crippen LogP contribution in [-0.2, 0) is 6.42 Å². The second-order valence-electron chi connectivity index (χ2n) is 5.09. The number of fused-ring (bicyclic) bond motifs is 1. The summed E-state index contributed by atoms with van der Waals surface area (Å²) in [5.74, 6) is 0. The van der Waals surface area contributed by atoms with Crippen LogP contribution in [0.4, 0.5) is 0 Å². The van der Waals surface area contributed by atoms with Gasteiger partial charge in [-0.25, -0.2) is 0 Å². The second kappa shape index (κ2) is 4.19. The Balaban J connectivity index is 1.80. The van der Waals surface area contributed by atoms with E-state index in [9.17, 15) is 0 Å². The van der Waals surface area contributed by atoms with Gasteiger partial charge in [0.25, 0.3) is 0 Å². The summed E-state index contributed by atoms with van der Waals surface area (Å²) < 4.78 is 0. The monoisotopic (exact) mass is 216 g/mol. The lowest BCUT2D eigenvalue weighted by Crippen LogP contribution is -2.38. The van der Waals surface area contributed by atoms with E-state index < -0.39 is 0 Å². The SMILES string of the molecule is Cc1cccc2c1C(CNC1CC1)NCC2. The molecule has 1 aliphatic carbocycles. The highest BCUT2D eigenvalue weighted by atomic mass is 15.0. The van der Waals surface area contributed by atoms with E-state index in [1.54, 1.807) is 11.1 Å². The van der Waals surface area contributed by atoms with Gasteiger partial charge in [-0.15, -0.1) is 0 Å². The van der Waals surface area contributed by atoms with Gasteiger partial charge in [0.1, 0.15) is 0 Å². The average molecular weight is 216 g/mol. The molecule has 1 unspecified atom stereocenters. The van der Waals surface area contributed by atoms with E-state index in [2.05, 4.69) is 35.8 Å². The summed E-state index contributed by atoms with van der Waals surface area (Å²) in [5.41, 5.74) is 4.52. The molecule has 0 radical (unpaired) electrons. The van der Waals surface area contributed by atoms with Crippen molar-refractivity contribution in [1.82, 2.24) is 10.6 Å². The first-order valence-corrected chi connectivity index (χ1v) is 6.40. The lowest BCUT2D eigenvalue weighted by atomic mass is 9.90. The minimum atomic E-state index is 0.519. The Morgan fingerprint density at radius 1 is 1.38 bits per heavy atom. The molecule has 16 heavy (non-hydrogen) atoms. The highest BCUT2D eigenvalue weighted by molar-refractivity contribution is 5.39. The van der Waals surface area contributed by atoms with E-state index in [1.165, 1.54) is 24.8 Å². The Kier molecular flexibility index (Phi) is 2.70. The van der Waals surface area contributed by atoms with Gasteiger partial charge in [-0.05, 0) is 49.4 Å². The summed E-state index contributed by atoms with van der Waals surface area (Å²) in [6, 6.07) is 8.02. The number of nitrogens with one attached hydrogen (secondary N) is 2. The van der Waals surface area contributed by atoms with Gasteiger partial charge in [0.15, 0.2) is 0 Å².